The molecule has 2 amide bonds. The van der Waals surface area contributed by atoms with Crippen molar-refractivity contribution >= 4 is 12.0 Å². The number of piperidine rings is 1. The quantitative estimate of drug-likeness (QED) is 0.522. The minimum Gasteiger partial charge on any atom is -0.493 e. The molecule has 8 nitrogen and oxygen atoms in total. The predicted molar refractivity (Wildman–Crippen MR) is 125 cm³/mol. The zero-order valence-corrected chi connectivity index (χ0v) is 20.0. The number of carbonyl (C=O) groups excluding carboxylic acids is 1. The van der Waals surface area contributed by atoms with E-state index in [0.29, 0.717) is 55.8 Å². The van der Waals surface area contributed by atoms with Crippen LogP contribution in [0.4, 0.5) is 4.79 Å². The predicted octanol–water partition coefficient (Wildman–Crippen LogP) is 4.28. The molecule has 0 unspecified atom stereocenters. The number of rotatable bonds is 10. The molecule has 1 N–H and O–H groups in total. The van der Waals surface area contributed by atoms with Crippen LogP contribution in [0.1, 0.15) is 61.7 Å². The SMILES string of the molecule is COCCCOc1cc(C(=O)N(CC2CCCCC2)[C@@H]2CCCN(C(=O)O)C2)ccc1OC. The van der Waals surface area contributed by atoms with Gasteiger partial charge in [-0.2, -0.15) is 0 Å². The van der Waals surface area contributed by atoms with Gasteiger partial charge in [-0.1, -0.05) is 19.3 Å². The first kappa shape index (κ1) is 25.1. The molecule has 1 heterocycles. The maximum Gasteiger partial charge on any atom is 0.407 e. The number of nitrogens with zero attached hydrogens (tertiary/aromatic N) is 2. The lowest BCUT2D eigenvalue weighted by Crippen LogP contribution is -2.52. The van der Waals surface area contributed by atoms with Gasteiger partial charge < -0.3 is 29.1 Å². The Morgan fingerprint density at radius 3 is 2.55 bits per heavy atom. The number of benzene rings is 1. The van der Waals surface area contributed by atoms with Crippen molar-refractivity contribution in [3.8, 4) is 11.5 Å². The topological polar surface area (TPSA) is 88.5 Å². The first-order valence-corrected chi connectivity index (χ1v) is 12.1. The van der Waals surface area contributed by atoms with Gasteiger partial charge in [0, 0.05) is 51.4 Å². The molecule has 33 heavy (non-hydrogen) atoms. The molecule has 2 fully saturated rings. The molecule has 1 aliphatic carbocycles. The number of hydrogen-bond donors (Lipinski definition) is 1. The largest absolute Gasteiger partial charge is 0.493 e. The Morgan fingerprint density at radius 1 is 1.06 bits per heavy atom. The monoisotopic (exact) mass is 462 g/mol. The Kier molecular flexibility index (Phi) is 9.66. The molecule has 184 valence electrons. The summed E-state index contributed by atoms with van der Waals surface area (Å²) in [5.74, 6) is 1.51. The Bertz CT molecular complexity index is 780. The molecule has 1 saturated heterocycles. The van der Waals surface area contributed by atoms with E-state index in [-0.39, 0.29) is 11.9 Å². The van der Waals surface area contributed by atoms with Crippen LogP contribution in [0, 0.1) is 5.92 Å². The molecule has 1 atom stereocenters. The number of carbonyl (C=O) groups is 2. The summed E-state index contributed by atoms with van der Waals surface area (Å²) in [5, 5.41) is 9.51. The normalized spacial score (nSPS) is 19.2. The molecular weight excluding hydrogens is 424 g/mol. The van der Waals surface area contributed by atoms with E-state index in [1.54, 1.807) is 32.4 Å². The number of methoxy groups -OCH3 is 2. The molecule has 1 aromatic carbocycles. The third kappa shape index (κ3) is 7.00. The molecule has 0 aromatic heterocycles. The Hall–Kier alpha value is -2.48. The van der Waals surface area contributed by atoms with Crippen molar-refractivity contribution in [1.29, 1.82) is 0 Å². The lowest BCUT2D eigenvalue weighted by atomic mass is 9.88. The Balaban J connectivity index is 1.81. The lowest BCUT2D eigenvalue weighted by molar-refractivity contribution is 0.0470. The number of likely N-dealkylation sites (tertiary alicyclic amines) is 1. The van der Waals surface area contributed by atoms with E-state index in [1.165, 1.54) is 24.2 Å². The fraction of sp³-hybridized carbons (Fsp3) is 0.680. The van der Waals surface area contributed by atoms with Crippen LogP contribution in [0.15, 0.2) is 18.2 Å². The maximum absolute atomic E-state index is 13.8. The fourth-order valence-corrected chi connectivity index (χ4v) is 4.90. The van der Waals surface area contributed by atoms with Gasteiger partial charge in [-0.25, -0.2) is 4.79 Å². The summed E-state index contributed by atoms with van der Waals surface area (Å²) in [6.07, 6.45) is 7.29. The van der Waals surface area contributed by atoms with Crippen LogP contribution in [0.25, 0.3) is 0 Å². The molecule has 1 saturated carbocycles. The van der Waals surface area contributed by atoms with Gasteiger partial charge in [0.2, 0.25) is 0 Å². The average Bonchev–Trinajstić information content (AvgIpc) is 2.85. The van der Waals surface area contributed by atoms with E-state index in [1.807, 2.05) is 4.90 Å². The van der Waals surface area contributed by atoms with Crippen molar-refractivity contribution in [1.82, 2.24) is 9.80 Å². The maximum atomic E-state index is 13.8. The van der Waals surface area contributed by atoms with Gasteiger partial charge in [0.15, 0.2) is 11.5 Å². The summed E-state index contributed by atoms with van der Waals surface area (Å²) in [5.41, 5.74) is 0.542. The van der Waals surface area contributed by atoms with Crippen molar-refractivity contribution in [2.75, 3.05) is 47.1 Å². The van der Waals surface area contributed by atoms with Gasteiger partial charge >= 0.3 is 6.09 Å². The zero-order chi connectivity index (χ0) is 23.6. The minimum atomic E-state index is -0.916. The summed E-state index contributed by atoms with van der Waals surface area (Å²) in [6.45, 7) is 2.62. The molecular formula is C25H38N2O6. The van der Waals surface area contributed by atoms with Gasteiger partial charge in [-0.15, -0.1) is 0 Å². The molecule has 3 rings (SSSR count). The van der Waals surface area contributed by atoms with Gasteiger partial charge in [-0.05, 0) is 49.8 Å². The minimum absolute atomic E-state index is 0.0674. The third-order valence-corrected chi connectivity index (χ3v) is 6.71. The van der Waals surface area contributed by atoms with Crippen LogP contribution in [0.2, 0.25) is 0 Å². The zero-order valence-electron chi connectivity index (χ0n) is 20.0. The molecule has 1 aromatic rings. The molecule has 8 heteroatoms. The second kappa shape index (κ2) is 12.7. The lowest BCUT2D eigenvalue weighted by Gasteiger charge is -2.40. The van der Waals surface area contributed by atoms with Crippen molar-refractivity contribution < 1.29 is 28.9 Å². The highest BCUT2D eigenvalue weighted by Gasteiger charge is 2.33. The van der Waals surface area contributed by atoms with Gasteiger partial charge in [-0.3, -0.25) is 4.79 Å². The first-order chi connectivity index (χ1) is 16.0. The van der Waals surface area contributed by atoms with Crippen molar-refractivity contribution in [2.24, 2.45) is 5.92 Å². The van der Waals surface area contributed by atoms with Crippen LogP contribution < -0.4 is 9.47 Å². The van der Waals surface area contributed by atoms with Crippen molar-refractivity contribution in [3.05, 3.63) is 23.8 Å². The number of amides is 2. The molecule has 0 bridgehead atoms. The summed E-state index contributed by atoms with van der Waals surface area (Å²) in [6, 6.07) is 5.17. The van der Waals surface area contributed by atoms with Crippen molar-refractivity contribution in [2.45, 2.75) is 57.4 Å². The highest BCUT2D eigenvalue weighted by Crippen LogP contribution is 2.31. The van der Waals surface area contributed by atoms with E-state index in [4.69, 9.17) is 14.2 Å². The van der Waals surface area contributed by atoms with Crippen molar-refractivity contribution in [3.63, 3.8) is 0 Å². The fourth-order valence-electron chi connectivity index (χ4n) is 4.90. The van der Waals surface area contributed by atoms with Crippen LogP contribution in [-0.2, 0) is 4.74 Å². The summed E-state index contributed by atoms with van der Waals surface area (Å²) in [7, 11) is 3.23. The van der Waals surface area contributed by atoms with E-state index in [2.05, 4.69) is 0 Å². The van der Waals surface area contributed by atoms with E-state index >= 15 is 0 Å². The van der Waals surface area contributed by atoms with Crippen LogP contribution >= 0.6 is 0 Å². The van der Waals surface area contributed by atoms with Crippen LogP contribution in [-0.4, -0.2) is 80.0 Å². The highest BCUT2D eigenvalue weighted by molar-refractivity contribution is 5.95. The summed E-state index contributed by atoms with van der Waals surface area (Å²) < 4.78 is 16.4. The van der Waals surface area contributed by atoms with Crippen LogP contribution in [0.3, 0.4) is 0 Å². The average molecular weight is 463 g/mol. The first-order valence-electron chi connectivity index (χ1n) is 12.1. The third-order valence-electron chi connectivity index (χ3n) is 6.71. The van der Waals surface area contributed by atoms with Gasteiger partial charge in [0.25, 0.3) is 5.91 Å². The van der Waals surface area contributed by atoms with Gasteiger partial charge in [0.1, 0.15) is 0 Å². The van der Waals surface area contributed by atoms with Gasteiger partial charge in [0.05, 0.1) is 13.7 Å². The Labute approximate surface area is 196 Å². The highest BCUT2D eigenvalue weighted by atomic mass is 16.5. The molecule has 0 spiro atoms. The van der Waals surface area contributed by atoms with E-state index in [0.717, 1.165) is 32.1 Å². The summed E-state index contributed by atoms with van der Waals surface area (Å²) >= 11 is 0. The van der Waals surface area contributed by atoms with E-state index < -0.39 is 6.09 Å². The van der Waals surface area contributed by atoms with E-state index in [9.17, 15) is 14.7 Å². The Morgan fingerprint density at radius 2 is 1.85 bits per heavy atom. The number of ether oxygens (including phenoxy) is 3. The smallest absolute Gasteiger partial charge is 0.407 e. The number of carboxylic acid groups (broad SMARTS) is 1. The molecule has 2 aliphatic rings. The summed E-state index contributed by atoms with van der Waals surface area (Å²) in [4.78, 5) is 28.7. The standard InChI is InChI=1S/C25H38N2O6/c1-31-14-7-15-33-23-16-20(11-12-22(23)32-2)24(28)27(17-19-8-4-3-5-9-19)21-10-6-13-26(18-21)25(29)30/h11-12,16,19,21H,3-10,13-15,17-18H2,1-2H3,(H,29,30)/t21-/m1/s1. The second-order valence-corrected chi connectivity index (χ2v) is 9.05. The number of hydrogen-bond acceptors (Lipinski definition) is 5. The molecule has 1 aliphatic heterocycles. The second-order valence-electron chi connectivity index (χ2n) is 9.05. The molecule has 0 radical (unpaired) electrons. The van der Waals surface area contributed by atoms with Crippen LogP contribution in [0.5, 0.6) is 11.5 Å².